The van der Waals surface area contributed by atoms with E-state index in [1.807, 2.05) is 19.1 Å². The van der Waals surface area contributed by atoms with Gasteiger partial charge in [0.1, 0.15) is 5.76 Å². The quantitative estimate of drug-likeness (QED) is 0.830. The Labute approximate surface area is 119 Å². The molecule has 0 aliphatic carbocycles. The monoisotopic (exact) mass is 280 g/mol. The third kappa shape index (κ3) is 4.35. The normalized spacial score (nSPS) is 21.6. The van der Waals surface area contributed by atoms with Crippen LogP contribution in [0.3, 0.4) is 0 Å². The molecule has 0 spiro atoms. The van der Waals surface area contributed by atoms with Gasteiger partial charge in [0.25, 0.3) is 0 Å². The number of rotatable bonds is 6. The van der Waals surface area contributed by atoms with E-state index in [0.29, 0.717) is 12.5 Å². The number of carbonyl (C=O) groups excluding carboxylic acids is 1. The minimum absolute atomic E-state index is 0.0264. The Morgan fingerprint density at radius 1 is 1.65 bits per heavy atom. The summed E-state index contributed by atoms with van der Waals surface area (Å²) in [7, 11) is 0. The lowest BCUT2D eigenvalue weighted by molar-refractivity contribution is -0.123. The molecule has 2 unspecified atom stereocenters. The van der Waals surface area contributed by atoms with Gasteiger partial charge in [0.15, 0.2) is 0 Å². The van der Waals surface area contributed by atoms with E-state index < -0.39 is 0 Å². The van der Waals surface area contributed by atoms with Crippen LogP contribution in [0, 0.1) is 5.92 Å². The number of carbonyl (C=O) groups is 1. The Hall–Kier alpha value is -1.33. The molecule has 5 heteroatoms. The first-order valence-electron chi connectivity index (χ1n) is 7.35. The zero-order valence-electron chi connectivity index (χ0n) is 12.0. The molecule has 0 radical (unpaired) electrons. The molecule has 1 amide bonds. The molecule has 2 atom stereocenters. The summed E-state index contributed by atoms with van der Waals surface area (Å²) in [4.78, 5) is 14.2. The summed E-state index contributed by atoms with van der Waals surface area (Å²) in [6.45, 7) is 4.45. The van der Waals surface area contributed by atoms with Crippen LogP contribution in [0.25, 0.3) is 0 Å². The Balaban J connectivity index is 1.76. The van der Waals surface area contributed by atoms with Crippen molar-refractivity contribution >= 4 is 5.91 Å². The van der Waals surface area contributed by atoms with E-state index in [0.717, 1.165) is 38.1 Å². The van der Waals surface area contributed by atoms with Crippen molar-refractivity contribution in [1.29, 1.82) is 0 Å². The van der Waals surface area contributed by atoms with E-state index in [-0.39, 0.29) is 18.6 Å². The van der Waals surface area contributed by atoms with E-state index in [9.17, 15) is 4.79 Å². The second-order valence-corrected chi connectivity index (χ2v) is 5.56. The minimum atomic E-state index is -0.101. The van der Waals surface area contributed by atoms with Gasteiger partial charge in [-0.2, -0.15) is 0 Å². The van der Waals surface area contributed by atoms with Crippen LogP contribution in [0.2, 0.25) is 0 Å². The average Bonchev–Trinajstić information content (AvgIpc) is 2.93. The highest BCUT2D eigenvalue weighted by atomic mass is 16.3. The smallest absolute Gasteiger partial charge is 0.234 e. The molecular weight excluding hydrogens is 256 g/mol. The number of amides is 1. The molecule has 20 heavy (non-hydrogen) atoms. The largest absolute Gasteiger partial charge is 0.467 e. The molecule has 1 saturated heterocycles. The fraction of sp³-hybridized carbons (Fsp3) is 0.667. The van der Waals surface area contributed by atoms with Crippen molar-refractivity contribution < 1.29 is 14.3 Å². The van der Waals surface area contributed by atoms with E-state index in [1.165, 1.54) is 0 Å². The third-order valence-electron chi connectivity index (χ3n) is 3.86. The Bertz CT molecular complexity index is 403. The van der Waals surface area contributed by atoms with Crippen molar-refractivity contribution in [3.63, 3.8) is 0 Å². The fourth-order valence-corrected chi connectivity index (χ4v) is 2.81. The molecule has 1 aliphatic heterocycles. The first kappa shape index (κ1) is 15.1. The van der Waals surface area contributed by atoms with Crippen LogP contribution in [0.5, 0.6) is 0 Å². The van der Waals surface area contributed by atoms with Gasteiger partial charge in [-0.25, -0.2) is 0 Å². The lowest BCUT2D eigenvalue weighted by Crippen LogP contribution is -2.43. The summed E-state index contributed by atoms with van der Waals surface area (Å²) in [6, 6.07) is 3.58. The Morgan fingerprint density at radius 2 is 2.50 bits per heavy atom. The van der Waals surface area contributed by atoms with Crippen LogP contribution < -0.4 is 5.32 Å². The first-order valence-corrected chi connectivity index (χ1v) is 7.35. The molecule has 1 fully saturated rings. The number of piperidine rings is 1. The molecule has 1 aromatic rings. The van der Waals surface area contributed by atoms with Crippen LogP contribution in [0.15, 0.2) is 22.8 Å². The van der Waals surface area contributed by atoms with Crippen molar-refractivity contribution in [2.24, 2.45) is 5.92 Å². The summed E-state index contributed by atoms with van der Waals surface area (Å²) >= 11 is 0. The zero-order valence-corrected chi connectivity index (χ0v) is 12.0. The Morgan fingerprint density at radius 3 is 3.20 bits per heavy atom. The molecule has 2 heterocycles. The topological polar surface area (TPSA) is 65.7 Å². The van der Waals surface area contributed by atoms with Crippen LogP contribution in [-0.4, -0.2) is 42.2 Å². The molecule has 1 aliphatic rings. The van der Waals surface area contributed by atoms with Crippen LogP contribution >= 0.6 is 0 Å². The summed E-state index contributed by atoms with van der Waals surface area (Å²) < 4.78 is 5.28. The van der Waals surface area contributed by atoms with Gasteiger partial charge >= 0.3 is 0 Å². The SMILES string of the molecule is CC(NC(=O)CN1CCCC(CCO)C1)c1ccco1. The maximum atomic E-state index is 12.0. The fourth-order valence-electron chi connectivity index (χ4n) is 2.81. The van der Waals surface area contributed by atoms with Gasteiger partial charge in [-0.1, -0.05) is 0 Å². The standard InChI is InChI=1S/C15H24N2O3/c1-12(14-5-3-9-20-14)16-15(19)11-17-7-2-4-13(10-17)6-8-18/h3,5,9,12-13,18H,2,4,6-8,10-11H2,1H3,(H,16,19). The highest BCUT2D eigenvalue weighted by Crippen LogP contribution is 2.19. The third-order valence-corrected chi connectivity index (χ3v) is 3.86. The van der Waals surface area contributed by atoms with Crippen molar-refractivity contribution in [2.75, 3.05) is 26.2 Å². The van der Waals surface area contributed by atoms with Gasteiger partial charge in [-0.05, 0) is 50.8 Å². The number of hydrogen-bond donors (Lipinski definition) is 2. The van der Waals surface area contributed by atoms with Crippen molar-refractivity contribution in [3.8, 4) is 0 Å². The molecule has 0 saturated carbocycles. The maximum absolute atomic E-state index is 12.0. The van der Waals surface area contributed by atoms with E-state index in [4.69, 9.17) is 9.52 Å². The molecule has 1 aromatic heterocycles. The van der Waals surface area contributed by atoms with Gasteiger partial charge < -0.3 is 14.8 Å². The van der Waals surface area contributed by atoms with Crippen molar-refractivity contribution in [3.05, 3.63) is 24.2 Å². The van der Waals surface area contributed by atoms with Gasteiger partial charge in [-0.15, -0.1) is 0 Å². The highest BCUT2D eigenvalue weighted by Gasteiger charge is 2.22. The lowest BCUT2D eigenvalue weighted by Gasteiger charge is -2.32. The summed E-state index contributed by atoms with van der Waals surface area (Å²) in [5.74, 6) is 1.32. The molecular formula is C15H24N2O3. The van der Waals surface area contributed by atoms with Crippen molar-refractivity contribution in [1.82, 2.24) is 10.2 Å². The van der Waals surface area contributed by atoms with Crippen LogP contribution in [0.1, 0.15) is 38.0 Å². The van der Waals surface area contributed by atoms with E-state index >= 15 is 0 Å². The molecule has 2 rings (SSSR count). The summed E-state index contributed by atoms with van der Waals surface area (Å²) in [6.07, 6.45) is 4.70. The number of furan rings is 1. The summed E-state index contributed by atoms with van der Waals surface area (Å²) in [5, 5.41) is 12.0. The van der Waals surface area contributed by atoms with Gasteiger partial charge in [0.05, 0.1) is 18.8 Å². The van der Waals surface area contributed by atoms with Gasteiger partial charge in [0, 0.05) is 13.2 Å². The molecule has 5 nitrogen and oxygen atoms in total. The van der Waals surface area contributed by atoms with Crippen molar-refractivity contribution in [2.45, 2.75) is 32.2 Å². The molecule has 0 bridgehead atoms. The number of nitrogens with one attached hydrogen (secondary N) is 1. The minimum Gasteiger partial charge on any atom is -0.467 e. The predicted octanol–water partition coefficient (Wildman–Crippen LogP) is 1.55. The number of aliphatic hydroxyl groups is 1. The maximum Gasteiger partial charge on any atom is 0.234 e. The summed E-state index contributed by atoms with van der Waals surface area (Å²) in [5.41, 5.74) is 0. The lowest BCUT2D eigenvalue weighted by atomic mass is 9.95. The number of nitrogens with zero attached hydrogens (tertiary/aromatic N) is 1. The highest BCUT2D eigenvalue weighted by molar-refractivity contribution is 5.78. The molecule has 112 valence electrons. The number of aliphatic hydroxyl groups excluding tert-OH is 1. The van der Waals surface area contributed by atoms with Crippen LogP contribution in [-0.2, 0) is 4.79 Å². The average molecular weight is 280 g/mol. The zero-order chi connectivity index (χ0) is 14.4. The number of likely N-dealkylation sites (tertiary alicyclic amines) is 1. The second-order valence-electron chi connectivity index (χ2n) is 5.56. The number of hydrogen-bond acceptors (Lipinski definition) is 4. The van der Waals surface area contributed by atoms with E-state index in [2.05, 4.69) is 10.2 Å². The molecule has 2 N–H and O–H groups in total. The van der Waals surface area contributed by atoms with E-state index in [1.54, 1.807) is 6.26 Å². The first-order chi connectivity index (χ1) is 9.69. The van der Waals surface area contributed by atoms with Gasteiger partial charge in [0.2, 0.25) is 5.91 Å². The molecule has 0 aromatic carbocycles. The van der Waals surface area contributed by atoms with Crippen LogP contribution in [0.4, 0.5) is 0 Å². The Kier molecular flexibility index (Phi) is 5.61. The predicted molar refractivity (Wildman–Crippen MR) is 76.1 cm³/mol. The van der Waals surface area contributed by atoms with Gasteiger partial charge in [-0.3, -0.25) is 9.69 Å². The second kappa shape index (κ2) is 7.45.